The van der Waals surface area contributed by atoms with Crippen LogP contribution >= 0.6 is 0 Å². The van der Waals surface area contributed by atoms with Crippen LogP contribution in [-0.4, -0.2) is 10.9 Å². The first-order valence-corrected chi connectivity index (χ1v) is 8.01. The summed E-state index contributed by atoms with van der Waals surface area (Å²) in [6.45, 7) is 3.61. The summed E-state index contributed by atoms with van der Waals surface area (Å²) in [5.41, 5.74) is 4.38. The zero-order valence-electron chi connectivity index (χ0n) is 14.4. The van der Waals surface area contributed by atoms with Gasteiger partial charge < -0.3 is 10.6 Å². The van der Waals surface area contributed by atoms with E-state index in [9.17, 15) is 10.1 Å². The van der Waals surface area contributed by atoms with Gasteiger partial charge >= 0.3 is 0 Å². The molecule has 0 saturated carbocycles. The Balaban J connectivity index is 2.10. The molecular formula is C21H16N4O. The van der Waals surface area contributed by atoms with Crippen LogP contribution in [0.3, 0.4) is 0 Å². The molecular weight excluding hydrogens is 324 g/mol. The van der Waals surface area contributed by atoms with Crippen molar-refractivity contribution in [3.63, 3.8) is 0 Å². The number of aryl methyl sites for hydroxylation is 1. The van der Waals surface area contributed by atoms with Crippen molar-refractivity contribution in [2.24, 2.45) is 0 Å². The number of hydrogen-bond acceptors (Lipinski definition) is 4. The van der Waals surface area contributed by atoms with Crippen molar-refractivity contribution in [2.75, 3.05) is 10.6 Å². The second-order valence-corrected chi connectivity index (χ2v) is 5.71. The summed E-state index contributed by atoms with van der Waals surface area (Å²) in [5, 5.41) is 16.3. The Bertz CT molecular complexity index is 1100. The summed E-state index contributed by atoms with van der Waals surface area (Å²) in [6, 6.07) is 15.4. The first kappa shape index (κ1) is 17.0. The Kier molecular flexibility index (Phi) is 4.83. The number of nitrogens with zero attached hydrogens (tertiary/aromatic N) is 2. The van der Waals surface area contributed by atoms with Gasteiger partial charge in [-0.1, -0.05) is 18.1 Å². The van der Waals surface area contributed by atoms with Gasteiger partial charge in [0.25, 0.3) is 5.91 Å². The monoisotopic (exact) mass is 340 g/mol. The molecule has 5 heteroatoms. The van der Waals surface area contributed by atoms with Gasteiger partial charge in [0.1, 0.15) is 6.07 Å². The van der Waals surface area contributed by atoms with Crippen molar-refractivity contribution in [2.45, 2.75) is 13.8 Å². The fourth-order valence-electron chi connectivity index (χ4n) is 2.63. The van der Waals surface area contributed by atoms with Gasteiger partial charge in [-0.2, -0.15) is 5.26 Å². The summed E-state index contributed by atoms with van der Waals surface area (Å²) in [7, 11) is 0. The predicted octanol–water partition coefficient (Wildman–Crippen LogP) is 4.12. The molecule has 0 bridgehead atoms. The molecule has 2 aromatic carbocycles. The number of benzene rings is 2. The fourth-order valence-corrected chi connectivity index (χ4v) is 2.63. The van der Waals surface area contributed by atoms with Crippen molar-refractivity contribution in [1.29, 1.82) is 5.26 Å². The highest BCUT2D eigenvalue weighted by Crippen LogP contribution is 2.31. The Morgan fingerprint density at radius 3 is 2.73 bits per heavy atom. The molecule has 3 aromatic rings. The van der Waals surface area contributed by atoms with Gasteiger partial charge in [0.05, 0.1) is 16.8 Å². The summed E-state index contributed by atoms with van der Waals surface area (Å²) < 4.78 is 0. The Hall–Kier alpha value is -3.83. The first-order chi connectivity index (χ1) is 12.6. The van der Waals surface area contributed by atoms with Crippen LogP contribution in [0.25, 0.3) is 10.9 Å². The smallest absolute Gasteiger partial charge is 0.300 e. The maximum absolute atomic E-state index is 11.7. The summed E-state index contributed by atoms with van der Waals surface area (Å²) in [6.07, 6.45) is 1.54. The number of carbonyl (C=O) groups excluding carboxylic acids is 1. The fraction of sp³-hybridized carbons (Fsp3) is 0.0952. The molecule has 0 aliphatic rings. The maximum atomic E-state index is 11.7. The van der Waals surface area contributed by atoms with Crippen LogP contribution < -0.4 is 10.6 Å². The normalized spacial score (nSPS) is 9.73. The van der Waals surface area contributed by atoms with Gasteiger partial charge in [0.15, 0.2) is 0 Å². The van der Waals surface area contributed by atoms with E-state index in [1.807, 2.05) is 31.2 Å². The highest BCUT2D eigenvalue weighted by Gasteiger charge is 2.11. The average Bonchev–Trinajstić information content (AvgIpc) is 2.62. The van der Waals surface area contributed by atoms with E-state index in [1.54, 1.807) is 31.3 Å². The van der Waals surface area contributed by atoms with E-state index in [0.717, 1.165) is 22.2 Å². The quantitative estimate of drug-likeness (QED) is 0.703. The topological polar surface area (TPSA) is 77.8 Å². The lowest BCUT2D eigenvalue weighted by Crippen LogP contribution is -2.08. The van der Waals surface area contributed by atoms with Gasteiger partial charge in [-0.15, -0.1) is 0 Å². The molecule has 3 rings (SSSR count). The Labute approximate surface area is 151 Å². The van der Waals surface area contributed by atoms with Crippen LogP contribution in [0.4, 0.5) is 17.1 Å². The molecule has 126 valence electrons. The lowest BCUT2D eigenvalue weighted by Gasteiger charge is -2.13. The second-order valence-electron chi connectivity index (χ2n) is 5.71. The predicted molar refractivity (Wildman–Crippen MR) is 103 cm³/mol. The molecule has 1 amide bonds. The number of anilines is 3. The third-order valence-corrected chi connectivity index (χ3v) is 3.77. The third kappa shape index (κ3) is 3.63. The standard InChI is InChI=1S/C21H16N4O/c1-3-5-20(26)24-17-8-9-19-18(11-17)21(15(12-22)13-23-19)25-16-7-4-6-14(2)10-16/h4,6-11,13H,1-2H3,(H,23,25)(H,24,26). The summed E-state index contributed by atoms with van der Waals surface area (Å²) >= 11 is 0. The third-order valence-electron chi connectivity index (χ3n) is 3.77. The molecule has 1 heterocycles. The van der Waals surface area contributed by atoms with E-state index in [0.29, 0.717) is 16.9 Å². The van der Waals surface area contributed by atoms with Crippen molar-refractivity contribution >= 4 is 33.9 Å². The number of hydrogen-bond donors (Lipinski definition) is 2. The average molecular weight is 340 g/mol. The van der Waals surface area contributed by atoms with E-state index in [-0.39, 0.29) is 5.91 Å². The highest BCUT2D eigenvalue weighted by atomic mass is 16.1. The van der Waals surface area contributed by atoms with Gasteiger partial charge in [-0.25, -0.2) is 0 Å². The van der Waals surface area contributed by atoms with Crippen LogP contribution in [-0.2, 0) is 4.79 Å². The molecule has 0 spiro atoms. The largest absolute Gasteiger partial charge is 0.354 e. The van der Waals surface area contributed by atoms with Crippen LogP contribution in [0.5, 0.6) is 0 Å². The number of aromatic nitrogens is 1. The molecule has 26 heavy (non-hydrogen) atoms. The van der Waals surface area contributed by atoms with Crippen LogP contribution in [0, 0.1) is 30.1 Å². The molecule has 0 saturated heterocycles. The van der Waals surface area contributed by atoms with Gasteiger partial charge in [0.2, 0.25) is 0 Å². The lowest BCUT2D eigenvalue weighted by atomic mass is 10.1. The number of carbonyl (C=O) groups is 1. The number of nitrogens with one attached hydrogen (secondary N) is 2. The van der Waals surface area contributed by atoms with Crippen LogP contribution in [0.15, 0.2) is 48.7 Å². The van der Waals surface area contributed by atoms with Crippen molar-refractivity contribution < 1.29 is 4.79 Å². The van der Waals surface area contributed by atoms with Gasteiger partial charge in [0, 0.05) is 23.0 Å². The van der Waals surface area contributed by atoms with Gasteiger partial charge in [-0.3, -0.25) is 9.78 Å². The van der Waals surface area contributed by atoms with E-state index < -0.39 is 0 Å². The summed E-state index contributed by atoms with van der Waals surface area (Å²) in [5.74, 6) is 4.62. The molecule has 1 aromatic heterocycles. The molecule has 0 atom stereocenters. The zero-order chi connectivity index (χ0) is 18.5. The molecule has 0 unspecified atom stereocenters. The number of fused-ring (bicyclic) bond motifs is 1. The van der Waals surface area contributed by atoms with E-state index >= 15 is 0 Å². The van der Waals surface area contributed by atoms with Crippen LogP contribution in [0.2, 0.25) is 0 Å². The summed E-state index contributed by atoms with van der Waals surface area (Å²) in [4.78, 5) is 16.0. The van der Waals surface area contributed by atoms with E-state index in [2.05, 4.69) is 33.5 Å². The second kappa shape index (κ2) is 7.38. The molecule has 5 nitrogen and oxygen atoms in total. The zero-order valence-corrected chi connectivity index (χ0v) is 14.4. The van der Waals surface area contributed by atoms with Crippen molar-refractivity contribution in [1.82, 2.24) is 4.98 Å². The van der Waals surface area contributed by atoms with Crippen molar-refractivity contribution in [3.05, 3.63) is 59.8 Å². The number of pyridine rings is 1. The van der Waals surface area contributed by atoms with E-state index in [4.69, 9.17) is 0 Å². The molecule has 0 aliphatic heterocycles. The Morgan fingerprint density at radius 1 is 1.15 bits per heavy atom. The van der Waals surface area contributed by atoms with Crippen LogP contribution in [0.1, 0.15) is 18.1 Å². The minimum atomic E-state index is -0.385. The van der Waals surface area contributed by atoms with E-state index in [1.165, 1.54) is 0 Å². The minimum Gasteiger partial charge on any atom is -0.354 e. The number of amides is 1. The lowest BCUT2D eigenvalue weighted by molar-refractivity contribution is -0.111. The molecule has 0 radical (unpaired) electrons. The first-order valence-electron chi connectivity index (χ1n) is 8.01. The molecule has 2 N–H and O–H groups in total. The number of rotatable bonds is 3. The highest BCUT2D eigenvalue weighted by molar-refractivity contribution is 6.06. The Morgan fingerprint density at radius 2 is 2.00 bits per heavy atom. The molecule has 0 aliphatic carbocycles. The van der Waals surface area contributed by atoms with Gasteiger partial charge in [-0.05, 0) is 55.7 Å². The van der Waals surface area contributed by atoms with Crippen molar-refractivity contribution in [3.8, 4) is 17.9 Å². The minimum absolute atomic E-state index is 0.385. The molecule has 0 fully saturated rings. The SMILES string of the molecule is CC#CC(=O)Nc1ccc2ncc(C#N)c(Nc3cccc(C)c3)c2c1. The number of nitriles is 1. The maximum Gasteiger partial charge on any atom is 0.300 e.